The van der Waals surface area contributed by atoms with E-state index in [0.717, 1.165) is 54.0 Å². The molecule has 6 nitrogen and oxygen atoms in total. The summed E-state index contributed by atoms with van der Waals surface area (Å²) in [6, 6.07) is 31.8. The van der Waals surface area contributed by atoms with Gasteiger partial charge in [0.1, 0.15) is 22.8 Å². The summed E-state index contributed by atoms with van der Waals surface area (Å²) in [7, 11) is 3.32. The van der Waals surface area contributed by atoms with Crippen molar-refractivity contribution in [2.75, 3.05) is 23.1 Å². The summed E-state index contributed by atoms with van der Waals surface area (Å²) in [6.07, 6.45) is 0. The van der Waals surface area contributed by atoms with Gasteiger partial charge < -0.3 is 18.9 Å². The molecule has 8 heteroatoms. The highest BCUT2D eigenvalue weighted by Gasteiger charge is 2.35. The fraction of sp³-hybridized carbons (Fsp3) is 0.235. The van der Waals surface area contributed by atoms with Crippen molar-refractivity contribution in [1.82, 2.24) is 0 Å². The maximum atomic E-state index is 6.21. The van der Waals surface area contributed by atoms with Crippen LogP contribution in [0, 0.1) is 0 Å². The lowest BCUT2D eigenvalue weighted by Crippen LogP contribution is -2.33. The van der Waals surface area contributed by atoms with Crippen molar-refractivity contribution in [3.8, 4) is 17.2 Å². The summed E-state index contributed by atoms with van der Waals surface area (Å²) in [5.74, 6) is 3.86. The maximum absolute atomic E-state index is 6.21. The smallest absolute Gasteiger partial charge is 0.222 e. The lowest BCUT2D eigenvalue weighted by atomic mass is 9.93. The van der Waals surface area contributed by atoms with Gasteiger partial charge in [-0.1, -0.05) is 81.6 Å². The number of aliphatic imine (C=N–C) groups is 2. The van der Waals surface area contributed by atoms with E-state index in [9.17, 15) is 0 Å². The van der Waals surface area contributed by atoms with Crippen LogP contribution in [0.3, 0.4) is 0 Å². The second kappa shape index (κ2) is 13.0. The molecule has 0 N–H and O–H groups in total. The Hall–Kier alpha value is -3.12. The van der Waals surface area contributed by atoms with Crippen LogP contribution in [0.25, 0.3) is 0 Å². The Bertz CT molecular complexity index is 1600. The van der Waals surface area contributed by atoms with Gasteiger partial charge in [0.25, 0.3) is 0 Å². The molecule has 0 amide bonds. The summed E-state index contributed by atoms with van der Waals surface area (Å²) in [6.45, 7) is 4.25. The van der Waals surface area contributed by atoms with Crippen LogP contribution in [-0.2, 0) is 15.9 Å². The Balaban J connectivity index is 0.000000168. The second-order valence-electron chi connectivity index (χ2n) is 10.3. The van der Waals surface area contributed by atoms with Gasteiger partial charge in [0.05, 0.1) is 25.4 Å². The highest BCUT2D eigenvalue weighted by molar-refractivity contribution is 14.1. The van der Waals surface area contributed by atoms with Crippen LogP contribution in [0.5, 0.6) is 17.2 Å². The van der Waals surface area contributed by atoms with E-state index in [4.69, 9.17) is 23.9 Å². The molecule has 2 aliphatic rings. The van der Waals surface area contributed by atoms with Crippen molar-refractivity contribution in [3.63, 3.8) is 0 Å². The molecule has 0 bridgehead atoms. The molecule has 42 heavy (non-hydrogen) atoms. The van der Waals surface area contributed by atoms with Gasteiger partial charge >= 0.3 is 0 Å². The SMILES string of the molecule is COc1ccc(C2=NC(C)(CI)c3ccccc3O2)cc1.COc1ccc(C2=Nc3ccccc3C(C)(CI)O2)cc1. The van der Waals surface area contributed by atoms with Crippen molar-refractivity contribution in [2.24, 2.45) is 9.98 Å². The van der Waals surface area contributed by atoms with Gasteiger partial charge in [-0.3, -0.25) is 0 Å². The molecule has 2 atom stereocenters. The first-order valence-electron chi connectivity index (χ1n) is 13.5. The van der Waals surface area contributed by atoms with Crippen LogP contribution in [0.2, 0.25) is 0 Å². The zero-order chi connectivity index (χ0) is 29.7. The predicted molar refractivity (Wildman–Crippen MR) is 186 cm³/mol. The number of ether oxygens (including phenoxy) is 4. The van der Waals surface area contributed by atoms with E-state index in [1.165, 1.54) is 0 Å². The van der Waals surface area contributed by atoms with Crippen molar-refractivity contribution in [3.05, 3.63) is 119 Å². The molecule has 0 aliphatic carbocycles. The summed E-state index contributed by atoms with van der Waals surface area (Å²) >= 11 is 4.74. The minimum absolute atomic E-state index is 0.259. The van der Waals surface area contributed by atoms with Crippen LogP contribution in [0.1, 0.15) is 36.1 Å². The number of benzene rings is 4. The molecule has 2 heterocycles. The Kier molecular flexibility index (Phi) is 9.41. The first-order chi connectivity index (χ1) is 20.3. The van der Waals surface area contributed by atoms with Crippen LogP contribution in [-0.4, -0.2) is 34.9 Å². The minimum Gasteiger partial charge on any atom is -0.497 e. The molecule has 0 saturated carbocycles. The lowest BCUT2D eigenvalue weighted by Gasteiger charge is -2.34. The maximum Gasteiger partial charge on any atom is 0.222 e. The quantitative estimate of drug-likeness (QED) is 0.145. The molecule has 6 rings (SSSR count). The van der Waals surface area contributed by atoms with Crippen molar-refractivity contribution < 1.29 is 18.9 Å². The normalized spacial score (nSPS) is 20.2. The average Bonchev–Trinajstić information content (AvgIpc) is 3.05. The first-order valence-corrected chi connectivity index (χ1v) is 16.5. The molecule has 4 aromatic rings. The Morgan fingerprint density at radius 2 is 1.21 bits per heavy atom. The fourth-order valence-electron chi connectivity index (χ4n) is 4.75. The monoisotopic (exact) mass is 786 g/mol. The van der Waals surface area contributed by atoms with Gasteiger partial charge in [0.2, 0.25) is 11.8 Å². The van der Waals surface area contributed by atoms with E-state index in [2.05, 4.69) is 76.2 Å². The lowest BCUT2D eigenvalue weighted by molar-refractivity contribution is 0.0998. The highest BCUT2D eigenvalue weighted by atomic mass is 127. The van der Waals surface area contributed by atoms with Crippen LogP contribution < -0.4 is 14.2 Å². The molecule has 0 radical (unpaired) electrons. The largest absolute Gasteiger partial charge is 0.497 e. The number of hydrogen-bond donors (Lipinski definition) is 0. The van der Waals surface area contributed by atoms with Gasteiger partial charge in [-0.2, -0.15) is 0 Å². The van der Waals surface area contributed by atoms with Crippen LogP contribution >= 0.6 is 45.2 Å². The summed E-state index contributed by atoms with van der Waals surface area (Å²) in [5.41, 5.74) is 4.56. The van der Waals surface area contributed by atoms with E-state index >= 15 is 0 Å². The third kappa shape index (κ3) is 6.29. The summed E-state index contributed by atoms with van der Waals surface area (Å²) in [4.78, 5) is 9.51. The zero-order valence-corrected chi connectivity index (χ0v) is 28.3. The molecule has 4 aromatic carbocycles. The number of nitrogens with zero attached hydrogens (tertiary/aromatic N) is 2. The second-order valence-corrected chi connectivity index (χ2v) is 11.8. The van der Waals surface area contributed by atoms with Crippen molar-refractivity contribution in [2.45, 2.75) is 25.0 Å². The molecule has 2 unspecified atom stereocenters. The molecule has 2 aliphatic heterocycles. The molecule has 0 saturated heterocycles. The van der Waals surface area contributed by atoms with E-state index < -0.39 is 0 Å². The van der Waals surface area contributed by atoms with Gasteiger partial charge in [0, 0.05) is 31.1 Å². The van der Waals surface area contributed by atoms with E-state index in [1.807, 2.05) is 84.9 Å². The minimum atomic E-state index is -0.353. The number of halogens is 2. The number of hydrogen-bond acceptors (Lipinski definition) is 6. The summed E-state index contributed by atoms with van der Waals surface area (Å²) in [5, 5.41) is 0. The van der Waals surface area contributed by atoms with Crippen LogP contribution in [0.4, 0.5) is 5.69 Å². The predicted octanol–water partition coefficient (Wildman–Crippen LogP) is 8.64. The van der Waals surface area contributed by atoms with Crippen LogP contribution in [0.15, 0.2) is 107 Å². The van der Waals surface area contributed by atoms with Gasteiger partial charge in [-0.05, 0) is 74.5 Å². The van der Waals surface area contributed by atoms with Crippen molar-refractivity contribution >= 4 is 62.7 Å². The summed E-state index contributed by atoms with van der Waals surface area (Å²) < 4.78 is 24.3. The first kappa shape index (κ1) is 30.3. The molecular formula is C34H32I2N2O4. The third-order valence-corrected chi connectivity index (χ3v) is 10.2. The van der Waals surface area contributed by atoms with Crippen molar-refractivity contribution in [1.29, 1.82) is 0 Å². The Labute approximate surface area is 274 Å². The number of rotatable bonds is 6. The highest BCUT2D eigenvalue weighted by Crippen LogP contribution is 2.40. The topological polar surface area (TPSA) is 61.6 Å². The van der Waals surface area contributed by atoms with Gasteiger partial charge in [-0.15, -0.1) is 0 Å². The molecule has 0 aromatic heterocycles. The fourth-order valence-corrected chi connectivity index (χ4v) is 5.89. The standard InChI is InChI=1S/2C17H16INO2/c1-17(11-18)14-5-3-4-6-15(14)21-16(19-17)12-7-9-13(20-2)10-8-12;1-17(11-18)14-5-3-4-6-15(14)19-16(21-17)12-7-9-13(20-2)10-8-12/h2*3-10H,11H2,1-2H3. The number of para-hydroxylation sites is 2. The van der Waals surface area contributed by atoms with E-state index in [1.54, 1.807) is 14.2 Å². The molecular weight excluding hydrogens is 754 g/mol. The van der Waals surface area contributed by atoms with E-state index in [-0.39, 0.29) is 11.1 Å². The van der Waals surface area contributed by atoms with Gasteiger partial charge in [-0.25, -0.2) is 9.98 Å². The number of fused-ring (bicyclic) bond motifs is 2. The molecule has 0 spiro atoms. The van der Waals surface area contributed by atoms with Gasteiger partial charge in [0.15, 0.2) is 0 Å². The average molecular weight is 786 g/mol. The number of alkyl halides is 2. The van der Waals surface area contributed by atoms with E-state index in [0.29, 0.717) is 11.8 Å². The molecule has 216 valence electrons. The third-order valence-electron chi connectivity index (χ3n) is 7.23. The molecule has 0 fully saturated rings. The zero-order valence-electron chi connectivity index (χ0n) is 23.9. The number of methoxy groups -OCH3 is 2. The Morgan fingerprint density at radius 3 is 1.79 bits per heavy atom. The Morgan fingerprint density at radius 1 is 0.667 bits per heavy atom.